The summed E-state index contributed by atoms with van der Waals surface area (Å²) in [5, 5.41) is 5.93. The lowest BCUT2D eigenvalue weighted by atomic mass is 9.64. The molecule has 178 valence electrons. The Hall–Kier alpha value is -2.12. The van der Waals surface area contributed by atoms with Crippen LogP contribution in [0.2, 0.25) is 0 Å². The second kappa shape index (κ2) is 8.67. The smallest absolute Gasteiger partial charge is 0.315 e. The van der Waals surface area contributed by atoms with Crippen LogP contribution in [0.1, 0.15) is 79.1 Å². The van der Waals surface area contributed by atoms with Gasteiger partial charge in [-0.2, -0.15) is 0 Å². The Morgan fingerprint density at radius 2 is 1.62 bits per heavy atom. The second-order valence-electron chi connectivity index (χ2n) is 10.8. The third-order valence-electron chi connectivity index (χ3n) is 8.08. The summed E-state index contributed by atoms with van der Waals surface area (Å²) in [6.45, 7) is 8.00. The Labute approximate surface area is 190 Å². The van der Waals surface area contributed by atoms with Crippen molar-refractivity contribution in [3.63, 3.8) is 0 Å². The van der Waals surface area contributed by atoms with Gasteiger partial charge in [0, 0.05) is 18.5 Å². The lowest BCUT2D eigenvalue weighted by Gasteiger charge is -2.44. The molecule has 2 heterocycles. The Bertz CT molecular complexity index is 785. The standard InChI is InChI=1S/C24H38N4O4/c1-14(2)18(26-23(32)25-16-8-5-6-9-16)21(30)27-13-10-17-19(27)24(11-7-12-24)22(31)28(17)20(29)15(3)4/h14-19H,5-13H2,1-4H3,(H2,25,26,32)/t17?,18-,19?/m0/s1. The molecule has 2 unspecified atom stereocenters. The summed E-state index contributed by atoms with van der Waals surface area (Å²) in [6, 6.07) is -1.30. The Kier molecular flexibility index (Phi) is 6.25. The molecule has 2 saturated heterocycles. The van der Waals surface area contributed by atoms with E-state index in [4.69, 9.17) is 0 Å². The Balaban J connectivity index is 1.53. The van der Waals surface area contributed by atoms with E-state index >= 15 is 0 Å². The first-order chi connectivity index (χ1) is 15.2. The fraction of sp³-hybridized carbons (Fsp3) is 0.833. The number of imide groups is 1. The molecule has 0 bridgehead atoms. The molecule has 2 saturated carbocycles. The first kappa shape index (κ1) is 23.1. The number of likely N-dealkylation sites (tertiary alicyclic amines) is 2. The zero-order valence-corrected chi connectivity index (χ0v) is 19.9. The number of fused-ring (bicyclic) bond motifs is 2. The summed E-state index contributed by atoms with van der Waals surface area (Å²) in [6.07, 6.45) is 7.20. The van der Waals surface area contributed by atoms with E-state index in [2.05, 4.69) is 10.6 Å². The summed E-state index contributed by atoms with van der Waals surface area (Å²) >= 11 is 0. The molecule has 2 aliphatic heterocycles. The zero-order chi connectivity index (χ0) is 23.2. The fourth-order valence-corrected chi connectivity index (χ4v) is 6.22. The van der Waals surface area contributed by atoms with Gasteiger partial charge in [0.2, 0.25) is 17.7 Å². The van der Waals surface area contributed by atoms with Gasteiger partial charge in [0.25, 0.3) is 0 Å². The van der Waals surface area contributed by atoms with Crippen LogP contribution in [-0.2, 0) is 14.4 Å². The van der Waals surface area contributed by atoms with E-state index in [0.717, 1.165) is 44.9 Å². The molecule has 1 spiro atoms. The predicted octanol–water partition coefficient (Wildman–Crippen LogP) is 2.42. The number of urea groups is 1. The van der Waals surface area contributed by atoms with E-state index in [1.54, 1.807) is 0 Å². The van der Waals surface area contributed by atoms with Crippen molar-refractivity contribution in [3.05, 3.63) is 0 Å². The summed E-state index contributed by atoms with van der Waals surface area (Å²) in [5.41, 5.74) is -0.630. The SMILES string of the molecule is CC(C)C(=O)N1C(=O)C2(CCC2)C2C1CCN2C(=O)[C@@H](NC(=O)NC1CCCC1)C(C)C. The molecule has 32 heavy (non-hydrogen) atoms. The lowest BCUT2D eigenvalue weighted by Crippen LogP contribution is -2.59. The molecule has 2 aliphatic carbocycles. The van der Waals surface area contributed by atoms with E-state index in [-0.39, 0.29) is 53.7 Å². The molecule has 4 rings (SSSR count). The number of nitrogens with zero attached hydrogens (tertiary/aromatic N) is 2. The van der Waals surface area contributed by atoms with E-state index in [0.29, 0.717) is 13.0 Å². The summed E-state index contributed by atoms with van der Waals surface area (Å²) < 4.78 is 0. The third kappa shape index (κ3) is 3.69. The van der Waals surface area contributed by atoms with Crippen molar-refractivity contribution in [2.75, 3.05) is 6.54 Å². The van der Waals surface area contributed by atoms with Gasteiger partial charge in [-0.3, -0.25) is 19.3 Å². The Morgan fingerprint density at radius 3 is 2.16 bits per heavy atom. The average molecular weight is 447 g/mol. The van der Waals surface area contributed by atoms with Crippen LogP contribution < -0.4 is 10.6 Å². The minimum Gasteiger partial charge on any atom is -0.335 e. The number of amides is 5. The molecule has 0 aromatic carbocycles. The van der Waals surface area contributed by atoms with Crippen molar-refractivity contribution >= 4 is 23.8 Å². The molecule has 4 fully saturated rings. The molecule has 0 radical (unpaired) electrons. The van der Waals surface area contributed by atoms with Crippen LogP contribution in [0.15, 0.2) is 0 Å². The van der Waals surface area contributed by atoms with Gasteiger partial charge in [-0.15, -0.1) is 0 Å². The molecule has 4 aliphatic rings. The molecule has 8 nitrogen and oxygen atoms in total. The topological polar surface area (TPSA) is 98.8 Å². The quantitative estimate of drug-likeness (QED) is 0.678. The second-order valence-corrected chi connectivity index (χ2v) is 10.8. The first-order valence-electron chi connectivity index (χ1n) is 12.4. The summed E-state index contributed by atoms with van der Waals surface area (Å²) in [7, 11) is 0. The van der Waals surface area contributed by atoms with Gasteiger partial charge in [0.05, 0.1) is 17.5 Å². The molecule has 2 N–H and O–H groups in total. The van der Waals surface area contributed by atoms with Crippen molar-refractivity contribution in [3.8, 4) is 0 Å². The van der Waals surface area contributed by atoms with Crippen LogP contribution in [0.3, 0.4) is 0 Å². The van der Waals surface area contributed by atoms with Crippen LogP contribution in [0.25, 0.3) is 0 Å². The fourth-order valence-electron chi connectivity index (χ4n) is 6.22. The molecular formula is C24H38N4O4. The highest BCUT2D eigenvalue weighted by Gasteiger charge is 2.67. The van der Waals surface area contributed by atoms with Gasteiger partial charge in [0.1, 0.15) is 6.04 Å². The molecular weight excluding hydrogens is 408 g/mol. The normalized spacial score (nSPS) is 27.8. The van der Waals surface area contributed by atoms with Crippen molar-refractivity contribution in [1.82, 2.24) is 20.4 Å². The number of carbonyl (C=O) groups excluding carboxylic acids is 4. The van der Waals surface area contributed by atoms with Gasteiger partial charge in [-0.05, 0) is 38.0 Å². The van der Waals surface area contributed by atoms with Gasteiger partial charge in [-0.1, -0.05) is 47.0 Å². The number of carbonyl (C=O) groups is 4. The minimum atomic E-state index is -0.655. The first-order valence-corrected chi connectivity index (χ1v) is 12.4. The van der Waals surface area contributed by atoms with E-state index in [9.17, 15) is 19.2 Å². The maximum absolute atomic E-state index is 13.7. The highest BCUT2D eigenvalue weighted by Crippen LogP contribution is 2.56. The molecule has 0 aromatic heterocycles. The van der Waals surface area contributed by atoms with Crippen LogP contribution in [-0.4, -0.2) is 64.3 Å². The van der Waals surface area contributed by atoms with Crippen LogP contribution >= 0.6 is 0 Å². The highest BCUT2D eigenvalue weighted by molar-refractivity contribution is 6.03. The third-order valence-corrected chi connectivity index (χ3v) is 8.08. The van der Waals surface area contributed by atoms with Crippen molar-refractivity contribution < 1.29 is 19.2 Å². The van der Waals surface area contributed by atoms with Crippen molar-refractivity contribution in [2.24, 2.45) is 17.3 Å². The van der Waals surface area contributed by atoms with E-state index < -0.39 is 11.5 Å². The molecule has 0 aromatic rings. The van der Waals surface area contributed by atoms with E-state index in [1.807, 2.05) is 32.6 Å². The number of rotatable bonds is 5. The van der Waals surface area contributed by atoms with Gasteiger partial charge in [-0.25, -0.2) is 4.79 Å². The highest BCUT2D eigenvalue weighted by atomic mass is 16.2. The maximum atomic E-state index is 13.7. The number of nitrogens with one attached hydrogen (secondary N) is 2. The monoisotopic (exact) mass is 446 g/mol. The number of hydrogen-bond acceptors (Lipinski definition) is 4. The van der Waals surface area contributed by atoms with Crippen molar-refractivity contribution in [1.29, 1.82) is 0 Å². The molecule has 3 atom stereocenters. The summed E-state index contributed by atoms with van der Waals surface area (Å²) in [5.74, 6) is -0.713. The summed E-state index contributed by atoms with van der Waals surface area (Å²) in [4.78, 5) is 55.9. The Morgan fingerprint density at radius 1 is 0.969 bits per heavy atom. The maximum Gasteiger partial charge on any atom is 0.315 e. The molecule has 8 heteroatoms. The van der Waals surface area contributed by atoms with Gasteiger partial charge >= 0.3 is 6.03 Å². The minimum absolute atomic E-state index is 0.0845. The van der Waals surface area contributed by atoms with Crippen LogP contribution in [0, 0.1) is 17.3 Å². The van der Waals surface area contributed by atoms with Crippen LogP contribution in [0.5, 0.6) is 0 Å². The van der Waals surface area contributed by atoms with Gasteiger partial charge < -0.3 is 15.5 Å². The predicted molar refractivity (Wildman–Crippen MR) is 119 cm³/mol. The lowest BCUT2D eigenvalue weighted by molar-refractivity contribution is -0.153. The number of hydrogen-bond donors (Lipinski definition) is 2. The zero-order valence-electron chi connectivity index (χ0n) is 19.9. The van der Waals surface area contributed by atoms with Crippen molar-refractivity contribution in [2.45, 2.75) is 103 Å². The van der Waals surface area contributed by atoms with Gasteiger partial charge in [0.15, 0.2) is 0 Å². The average Bonchev–Trinajstić information content (AvgIpc) is 3.40. The largest absolute Gasteiger partial charge is 0.335 e. The molecule has 5 amide bonds. The van der Waals surface area contributed by atoms with E-state index in [1.165, 1.54) is 4.90 Å². The van der Waals surface area contributed by atoms with Crippen LogP contribution in [0.4, 0.5) is 4.79 Å².